The molecule has 1 aliphatic rings. The molecule has 1 rings (SSSR count). The zero-order valence-corrected chi connectivity index (χ0v) is 10.7. The monoisotopic (exact) mass is 260 g/mol. The quantitative estimate of drug-likeness (QED) is 0.666. The Bertz CT molecular complexity index is 171. The maximum atomic E-state index is 5.68. The van der Waals surface area contributed by atoms with E-state index in [-0.39, 0.29) is 0 Å². The summed E-state index contributed by atoms with van der Waals surface area (Å²) in [6.07, 6.45) is 11.5. The maximum absolute atomic E-state index is 5.68. The Morgan fingerprint density at radius 3 is 2.93 bits per heavy atom. The van der Waals surface area contributed by atoms with E-state index in [1.54, 1.807) is 0 Å². The lowest BCUT2D eigenvalue weighted by molar-refractivity contribution is 0.0446. The largest absolute Gasteiger partial charge is 0.373 e. The van der Waals surface area contributed by atoms with Crippen LogP contribution in [0.5, 0.6) is 0 Å². The summed E-state index contributed by atoms with van der Waals surface area (Å²) in [5, 5.41) is 0. The van der Waals surface area contributed by atoms with Crippen LogP contribution in [0.2, 0.25) is 0 Å². The third kappa shape index (κ3) is 4.61. The van der Waals surface area contributed by atoms with Crippen molar-refractivity contribution in [1.82, 2.24) is 0 Å². The molecular weight excluding hydrogens is 240 g/mol. The van der Waals surface area contributed by atoms with Gasteiger partial charge in [-0.3, -0.25) is 0 Å². The lowest BCUT2D eigenvalue weighted by Crippen LogP contribution is -2.18. The maximum Gasteiger partial charge on any atom is 0.0886 e. The van der Waals surface area contributed by atoms with Crippen molar-refractivity contribution >= 4 is 15.9 Å². The average molecular weight is 261 g/mol. The van der Waals surface area contributed by atoms with Gasteiger partial charge in [-0.15, -0.1) is 0 Å². The molecule has 1 aliphatic heterocycles. The Labute approximate surface area is 96.0 Å². The van der Waals surface area contributed by atoms with E-state index in [9.17, 15) is 0 Å². The van der Waals surface area contributed by atoms with Gasteiger partial charge in [0, 0.05) is 11.1 Å². The third-order valence-electron chi connectivity index (χ3n) is 2.63. The van der Waals surface area contributed by atoms with Gasteiger partial charge >= 0.3 is 0 Å². The van der Waals surface area contributed by atoms with Gasteiger partial charge in [-0.05, 0) is 32.1 Å². The Balaban J connectivity index is 2.20. The summed E-state index contributed by atoms with van der Waals surface area (Å²) in [7, 11) is 0. The first-order valence-corrected chi connectivity index (χ1v) is 6.61. The van der Waals surface area contributed by atoms with Crippen LogP contribution in [0.4, 0.5) is 0 Å². The van der Waals surface area contributed by atoms with E-state index in [4.69, 9.17) is 4.74 Å². The van der Waals surface area contributed by atoms with Gasteiger partial charge in [-0.2, -0.15) is 0 Å². The molecule has 82 valence electrons. The minimum atomic E-state index is 0.352. The van der Waals surface area contributed by atoms with Crippen LogP contribution in [0.25, 0.3) is 0 Å². The molecule has 1 nitrogen and oxygen atoms in total. The molecule has 0 aromatic rings. The number of hydrogen-bond donors (Lipinski definition) is 0. The van der Waals surface area contributed by atoms with Gasteiger partial charge in [-0.1, -0.05) is 41.8 Å². The second kappa shape index (κ2) is 7.47. The Hall–Kier alpha value is 0.180. The summed E-state index contributed by atoms with van der Waals surface area (Å²) < 4.78 is 6.95. The van der Waals surface area contributed by atoms with Crippen molar-refractivity contribution in [3.8, 4) is 0 Å². The lowest BCUT2D eigenvalue weighted by atomic mass is 10.1. The van der Waals surface area contributed by atoms with E-state index < -0.39 is 0 Å². The summed E-state index contributed by atoms with van der Waals surface area (Å²) >= 11 is 3.63. The summed E-state index contributed by atoms with van der Waals surface area (Å²) in [5.74, 6) is 0. The molecule has 2 heteroatoms. The lowest BCUT2D eigenvalue weighted by Gasteiger charge is -2.22. The molecule has 14 heavy (non-hydrogen) atoms. The minimum absolute atomic E-state index is 0.352. The smallest absolute Gasteiger partial charge is 0.0886 e. The molecule has 0 aromatic carbocycles. The molecule has 1 saturated heterocycles. The van der Waals surface area contributed by atoms with E-state index >= 15 is 0 Å². The molecule has 1 heterocycles. The highest BCUT2D eigenvalue weighted by atomic mass is 79.9. The second-order valence-corrected chi connectivity index (χ2v) is 4.86. The van der Waals surface area contributed by atoms with Gasteiger partial charge in [0.1, 0.15) is 0 Å². The highest BCUT2D eigenvalue weighted by Crippen LogP contribution is 2.24. The summed E-state index contributed by atoms with van der Waals surface area (Å²) in [5.41, 5.74) is 0. The summed E-state index contributed by atoms with van der Waals surface area (Å²) in [6.45, 7) is 3.17. The highest BCUT2D eigenvalue weighted by Gasteiger charge is 2.15. The molecule has 0 spiro atoms. The van der Waals surface area contributed by atoms with Crippen LogP contribution in [0.3, 0.4) is 0 Å². The van der Waals surface area contributed by atoms with Gasteiger partial charge in [0.25, 0.3) is 0 Å². The SMILES string of the molecule is CCCCC/C=C(\Br)C1CCCCO1. The van der Waals surface area contributed by atoms with Crippen molar-refractivity contribution in [1.29, 1.82) is 0 Å². The number of halogens is 1. The van der Waals surface area contributed by atoms with Gasteiger partial charge in [0.05, 0.1) is 6.10 Å². The van der Waals surface area contributed by atoms with Crippen molar-refractivity contribution in [2.45, 2.75) is 58.0 Å². The zero-order valence-electron chi connectivity index (χ0n) is 9.10. The predicted molar refractivity (Wildman–Crippen MR) is 64.7 cm³/mol. The Kier molecular flexibility index (Phi) is 6.54. The number of hydrogen-bond acceptors (Lipinski definition) is 1. The van der Waals surface area contributed by atoms with Gasteiger partial charge in [0.2, 0.25) is 0 Å². The molecule has 0 N–H and O–H groups in total. The van der Waals surface area contributed by atoms with Crippen LogP contribution in [0.1, 0.15) is 51.9 Å². The fourth-order valence-electron chi connectivity index (χ4n) is 1.72. The van der Waals surface area contributed by atoms with E-state index in [0.717, 1.165) is 6.61 Å². The standard InChI is InChI=1S/C12H21BrO/c1-2-3-4-5-8-11(13)12-9-6-7-10-14-12/h8,12H,2-7,9-10H2,1H3/b11-8-. The van der Waals surface area contributed by atoms with Crippen molar-refractivity contribution < 1.29 is 4.74 Å². The molecule has 1 fully saturated rings. The number of unbranched alkanes of at least 4 members (excludes halogenated alkanes) is 3. The summed E-state index contributed by atoms with van der Waals surface area (Å²) in [6, 6.07) is 0. The van der Waals surface area contributed by atoms with E-state index in [2.05, 4.69) is 28.9 Å². The van der Waals surface area contributed by atoms with Gasteiger partial charge in [0.15, 0.2) is 0 Å². The molecular formula is C12H21BrO. The van der Waals surface area contributed by atoms with Gasteiger partial charge in [-0.25, -0.2) is 0 Å². The number of ether oxygens (including phenoxy) is 1. The van der Waals surface area contributed by atoms with Crippen LogP contribution in [0, 0.1) is 0 Å². The highest BCUT2D eigenvalue weighted by molar-refractivity contribution is 9.11. The first-order valence-electron chi connectivity index (χ1n) is 5.81. The van der Waals surface area contributed by atoms with Crippen molar-refractivity contribution in [3.05, 3.63) is 10.6 Å². The Morgan fingerprint density at radius 1 is 1.43 bits per heavy atom. The Morgan fingerprint density at radius 2 is 2.29 bits per heavy atom. The average Bonchev–Trinajstić information content (AvgIpc) is 2.25. The van der Waals surface area contributed by atoms with Crippen LogP contribution < -0.4 is 0 Å². The fraction of sp³-hybridized carbons (Fsp3) is 0.833. The van der Waals surface area contributed by atoms with E-state index in [0.29, 0.717) is 6.10 Å². The first-order chi connectivity index (χ1) is 6.84. The van der Waals surface area contributed by atoms with Crippen molar-refractivity contribution in [2.24, 2.45) is 0 Å². The number of allylic oxidation sites excluding steroid dienone is 1. The van der Waals surface area contributed by atoms with Crippen molar-refractivity contribution in [2.75, 3.05) is 6.61 Å². The topological polar surface area (TPSA) is 9.23 Å². The van der Waals surface area contributed by atoms with Crippen molar-refractivity contribution in [3.63, 3.8) is 0 Å². The zero-order chi connectivity index (χ0) is 10.2. The van der Waals surface area contributed by atoms with Gasteiger partial charge < -0.3 is 4.74 Å². The molecule has 0 aromatic heterocycles. The molecule has 0 saturated carbocycles. The molecule has 0 amide bonds. The molecule has 0 aliphatic carbocycles. The van der Waals surface area contributed by atoms with E-state index in [1.807, 2.05) is 0 Å². The van der Waals surface area contributed by atoms with E-state index in [1.165, 1.54) is 49.4 Å². The van der Waals surface area contributed by atoms with Crippen LogP contribution in [-0.2, 0) is 4.74 Å². The molecule has 1 unspecified atom stereocenters. The minimum Gasteiger partial charge on any atom is -0.373 e. The molecule has 1 atom stereocenters. The molecule has 0 bridgehead atoms. The fourth-order valence-corrected chi connectivity index (χ4v) is 2.31. The summed E-state index contributed by atoms with van der Waals surface area (Å²) in [4.78, 5) is 0. The third-order valence-corrected chi connectivity index (χ3v) is 3.47. The van der Waals surface area contributed by atoms with Crippen LogP contribution >= 0.6 is 15.9 Å². The van der Waals surface area contributed by atoms with Crippen LogP contribution in [0.15, 0.2) is 10.6 Å². The van der Waals surface area contributed by atoms with Crippen LogP contribution in [-0.4, -0.2) is 12.7 Å². The normalized spacial score (nSPS) is 23.9. The predicted octanol–water partition coefficient (Wildman–Crippen LogP) is 4.41. The second-order valence-electron chi connectivity index (χ2n) is 3.94. The molecule has 0 radical (unpaired) electrons. The first kappa shape index (κ1) is 12.3. The number of rotatable bonds is 5.